The van der Waals surface area contributed by atoms with Crippen LogP contribution in [0, 0.1) is 12.8 Å². The molecule has 1 aliphatic carbocycles. The van der Waals surface area contributed by atoms with Crippen LogP contribution in [0.1, 0.15) is 68.4 Å². The summed E-state index contributed by atoms with van der Waals surface area (Å²) in [5.41, 5.74) is 0.768. The molecule has 1 aromatic heterocycles. The molecule has 2 rings (SSSR count). The Morgan fingerprint density at radius 2 is 2.08 bits per heavy atom. The number of carbonyl (C=O) groups excluding carboxylic acids is 2. The highest BCUT2D eigenvalue weighted by Crippen LogP contribution is 2.24. The van der Waals surface area contributed by atoms with E-state index in [9.17, 15) is 9.59 Å². The van der Waals surface area contributed by atoms with E-state index < -0.39 is 5.97 Å². The first-order valence-electron chi connectivity index (χ1n) is 9.13. The standard InChI is InChI=1S/C18H28ClN3O3/c1-4-5-10-22-17(19)16(13(3)21-22)18(24)25-11-15(23)20-14-9-7-6-8-12(14)2/h12,14H,4-11H2,1-3H3,(H,20,23)/t12-,14+/m1/s1. The van der Waals surface area contributed by atoms with Gasteiger partial charge in [0.1, 0.15) is 10.7 Å². The second kappa shape index (κ2) is 9.22. The predicted molar refractivity (Wildman–Crippen MR) is 96.7 cm³/mol. The number of hydrogen-bond donors (Lipinski definition) is 1. The van der Waals surface area contributed by atoms with E-state index in [2.05, 4.69) is 24.3 Å². The number of amides is 1. The van der Waals surface area contributed by atoms with E-state index in [-0.39, 0.29) is 29.3 Å². The Labute approximate surface area is 154 Å². The molecule has 1 fully saturated rings. The van der Waals surface area contributed by atoms with Crippen molar-refractivity contribution in [2.75, 3.05) is 6.61 Å². The van der Waals surface area contributed by atoms with Gasteiger partial charge in [0, 0.05) is 12.6 Å². The van der Waals surface area contributed by atoms with Crippen molar-refractivity contribution in [1.29, 1.82) is 0 Å². The summed E-state index contributed by atoms with van der Waals surface area (Å²) >= 11 is 6.25. The van der Waals surface area contributed by atoms with Gasteiger partial charge in [-0.1, -0.05) is 44.7 Å². The third-order valence-electron chi connectivity index (χ3n) is 4.79. The molecule has 140 valence electrons. The van der Waals surface area contributed by atoms with Crippen molar-refractivity contribution in [1.82, 2.24) is 15.1 Å². The Morgan fingerprint density at radius 1 is 1.36 bits per heavy atom. The molecule has 25 heavy (non-hydrogen) atoms. The number of esters is 1. The minimum atomic E-state index is -0.600. The van der Waals surface area contributed by atoms with Gasteiger partial charge in [-0.2, -0.15) is 5.10 Å². The van der Waals surface area contributed by atoms with Crippen LogP contribution in [0.4, 0.5) is 0 Å². The van der Waals surface area contributed by atoms with Crippen molar-refractivity contribution in [2.45, 2.75) is 71.9 Å². The maximum absolute atomic E-state index is 12.3. The number of nitrogens with zero attached hydrogens (tertiary/aromatic N) is 2. The zero-order valence-electron chi connectivity index (χ0n) is 15.3. The lowest BCUT2D eigenvalue weighted by Crippen LogP contribution is -2.42. The number of nitrogens with one attached hydrogen (secondary N) is 1. The highest BCUT2D eigenvalue weighted by Gasteiger charge is 2.25. The molecule has 0 spiro atoms. The summed E-state index contributed by atoms with van der Waals surface area (Å²) in [7, 11) is 0. The summed E-state index contributed by atoms with van der Waals surface area (Å²) in [5.74, 6) is -0.404. The van der Waals surface area contributed by atoms with Gasteiger partial charge in [0.15, 0.2) is 6.61 Å². The van der Waals surface area contributed by atoms with Crippen molar-refractivity contribution in [3.05, 3.63) is 16.4 Å². The fourth-order valence-electron chi connectivity index (χ4n) is 3.22. The highest BCUT2D eigenvalue weighted by atomic mass is 35.5. The fourth-order valence-corrected chi connectivity index (χ4v) is 3.56. The minimum Gasteiger partial charge on any atom is -0.452 e. The summed E-state index contributed by atoms with van der Waals surface area (Å²) in [6, 6.07) is 0.169. The largest absolute Gasteiger partial charge is 0.452 e. The molecule has 6 nitrogen and oxygen atoms in total. The molecule has 0 aromatic carbocycles. The summed E-state index contributed by atoms with van der Waals surface area (Å²) < 4.78 is 6.77. The zero-order valence-corrected chi connectivity index (χ0v) is 16.1. The quantitative estimate of drug-likeness (QED) is 0.746. The summed E-state index contributed by atoms with van der Waals surface area (Å²) in [6.07, 6.45) is 6.38. The SMILES string of the molecule is CCCCn1nc(C)c(C(=O)OCC(=O)N[C@H]2CCCC[C@H]2C)c1Cl. The van der Waals surface area contributed by atoms with Crippen molar-refractivity contribution < 1.29 is 14.3 Å². The van der Waals surface area contributed by atoms with E-state index in [1.165, 1.54) is 6.42 Å². The topological polar surface area (TPSA) is 73.2 Å². The Morgan fingerprint density at radius 3 is 2.76 bits per heavy atom. The van der Waals surface area contributed by atoms with Crippen molar-refractivity contribution in [2.24, 2.45) is 5.92 Å². The Bertz CT molecular complexity index is 615. The molecule has 0 aliphatic heterocycles. The van der Waals surface area contributed by atoms with Crippen molar-refractivity contribution >= 4 is 23.5 Å². The lowest BCUT2D eigenvalue weighted by atomic mass is 9.86. The van der Waals surface area contributed by atoms with E-state index in [1.807, 2.05) is 0 Å². The van der Waals surface area contributed by atoms with E-state index >= 15 is 0 Å². The molecule has 1 heterocycles. The van der Waals surface area contributed by atoms with Gasteiger partial charge in [0.05, 0.1) is 5.69 Å². The average Bonchev–Trinajstić information content (AvgIpc) is 2.86. The van der Waals surface area contributed by atoms with Crippen molar-refractivity contribution in [3.8, 4) is 0 Å². The minimum absolute atomic E-state index is 0.169. The summed E-state index contributed by atoms with van der Waals surface area (Å²) in [5, 5.41) is 7.53. The number of rotatable bonds is 7. The van der Waals surface area contributed by atoms with Gasteiger partial charge in [-0.05, 0) is 32.1 Å². The van der Waals surface area contributed by atoms with Gasteiger partial charge in [-0.15, -0.1) is 0 Å². The molecule has 0 unspecified atom stereocenters. The molecule has 1 aromatic rings. The van der Waals surface area contributed by atoms with E-state index in [1.54, 1.807) is 11.6 Å². The molecule has 2 atom stereocenters. The van der Waals surface area contributed by atoms with Crippen LogP contribution >= 0.6 is 11.6 Å². The van der Waals surface area contributed by atoms with Crippen LogP contribution in [0.3, 0.4) is 0 Å². The van der Waals surface area contributed by atoms with Gasteiger partial charge in [-0.3, -0.25) is 9.48 Å². The van der Waals surface area contributed by atoms with Gasteiger partial charge in [0.2, 0.25) is 0 Å². The fraction of sp³-hybridized carbons (Fsp3) is 0.722. The van der Waals surface area contributed by atoms with Crippen LogP contribution in [0.5, 0.6) is 0 Å². The number of aromatic nitrogens is 2. The van der Waals surface area contributed by atoms with Gasteiger partial charge >= 0.3 is 5.97 Å². The smallest absolute Gasteiger partial charge is 0.343 e. The second-order valence-corrected chi connectivity index (χ2v) is 7.20. The van der Waals surface area contributed by atoms with E-state index in [4.69, 9.17) is 16.3 Å². The van der Waals surface area contributed by atoms with E-state index in [0.717, 1.165) is 32.1 Å². The molecule has 0 radical (unpaired) electrons. The molecular weight excluding hydrogens is 342 g/mol. The molecule has 0 saturated heterocycles. The number of aryl methyl sites for hydroxylation is 2. The van der Waals surface area contributed by atoms with Gasteiger partial charge in [-0.25, -0.2) is 4.79 Å². The van der Waals surface area contributed by atoms with Crippen LogP contribution in [-0.2, 0) is 16.1 Å². The number of ether oxygens (including phenoxy) is 1. The maximum Gasteiger partial charge on any atom is 0.343 e. The third kappa shape index (κ3) is 5.21. The normalized spacial score (nSPS) is 20.3. The van der Waals surface area contributed by atoms with Crippen molar-refractivity contribution in [3.63, 3.8) is 0 Å². The molecular formula is C18H28ClN3O3. The van der Waals surface area contributed by atoms with Crippen LogP contribution in [0.2, 0.25) is 5.15 Å². The lowest BCUT2D eigenvalue weighted by Gasteiger charge is -2.29. The molecule has 1 amide bonds. The Balaban J connectivity index is 1.89. The van der Waals surface area contributed by atoms with Crippen LogP contribution in [0.25, 0.3) is 0 Å². The maximum atomic E-state index is 12.3. The first-order chi connectivity index (χ1) is 11.9. The zero-order chi connectivity index (χ0) is 18.4. The van der Waals surface area contributed by atoms with Crippen LogP contribution in [0.15, 0.2) is 0 Å². The van der Waals surface area contributed by atoms with Gasteiger partial charge < -0.3 is 10.1 Å². The van der Waals surface area contributed by atoms with E-state index in [0.29, 0.717) is 18.2 Å². The molecule has 1 N–H and O–H groups in total. The second-order valence-electron chi connectivity index (χ2n) is 6.84. The Hall–Kier alpha value is -1.56. The lowest BCUT2D eigenvalue weighted by molar-refractivity contribution is -0.125. The summed E-state index contributed by atoms with van der Waals surface area (Å²) in [6.45, 7) is 6.30. The monoisotopic (exact) mass is 369 g/mol. The highest BCUT2D eigenvalue weighted by molar-refractivity contribution is 6.32. The molecule has 1 aliphatic rings. The first kappa shape index (κ1) is 19.8. The molecule has 7 heteroatoms. The Kier molecular flexibility index (Phi) is 7.29. The molecule has 0 bridgehead atoms. The summed E-state index contributed by atoms with van der Waals surface area (Å²) in [4.78, 5) is 24.4. The van der Waals surface area contributed by atoms with Crippen LogP contribution < -0.4 is 5.32 Å². The predicted octanol–water partition coefficient (Wildman–Crippen LogP) is 3.50. The first-order valence-corrected chi connectivity index (χ1v) is 9.51. The van der Waals surface area contributed by atoms with Crippen LogP contribution in [-0.4, -0.2) is 34.3 Å². The number of unbranched alkanes of at least 4 members (excludes halogenated alkanes) is 1. The number of halogens is 1. The van der Waals surface area contributed by atoms with Gasteiger partial charge in [0.25, 0.3) is 5.91 Å². The molecule has 1 saturated carbocycles. The third-order valence-corrected chi connectivity index (χ3v) is 5.17. The number of hydrogen-bond acceptors (Lipinski definition) is 4. The average molecular weight is 370 g/mol. The number of carbonyl (C=O) groups is 2.